The summed E-state index contributed by atoms with van der Waals surface area (Å²) >= 11 is 0. The summed E-state index contributed by atoms with van der Waals surface area (Å²) in [6.45, 7) is 4.88. The molecule has 0 heterocycles. The molecule has 2 heteroatoms. The number of hydrogen-bond acceptors (Lipinski definition) is 2. The Labute approximate surface area is 122 Å². The van der Waals surface area contributed by atoms with Gasteiger partial charge in [-0.3, -0.25) is 4.79 Å². The largest absolute Gasteiger partial charge is 0.329 e. The Morgan fingerprint density at radius 1 is 1.15 bits per heavy atom. The van der Waals surface area contributed by atoms with Gasteiger partial charge in [0.1, 0.15) is 5.78 Å². The van der Waals surface area contributed by atoms with Gasteiger partial charge in [-0.1, -0.05) is 57.4 Å². The zero-order chi connectivity index (χ0) is 14.6. The third kappa shape index (κ3) is 3.29. The van der Waals surface area contributed by atoms with Crippen LogP contribution in [-0.2, 0) is 11.2 Å². The zero-order valence-electron chi connectivity index (χ0n) is 12.8. The van der Waals surface area contributed by atoms with Crippen LogP contribution in [0.2, 0.25) is 0 Å². The number of nitrogens with two attached hydrogens (primary N) is 1. The lowest BCUT2D eigenvalue weighted by Crippen LogP contribution is -2.41. The minimum atomic E-state index is -0.241. The van der Waals surface area contributed by atoms with Gasteiger partial charge in [0.05, 0.1) is 0 Å². The van der Waals surface area contributed by atoms with Crippen LogP contribution in [0, 0.1) is 5.41 Å². The molecule has 110 valence electrons. The molecule has 2 N–H and O–H groups in total. The van der Waals surface area contributed by atoms with Crippen molar-refractivity contribution in [2.75, 3.05) is 6.54 Å². The molecule has 2 nitrogen and oxygen atoms in total. The highest BCUT2D eigenvalue weighted by atomic mass is 16.1. The zero-order valence-corrected chi connectivity index (χ0v) is 12.8. The third-order valence-electron chi connectivity index (χ3n) is 4.80. The average molecular weight is 273 g/mol. The van der Waals surface area contributed by atoms with Crippen molar-refractivity contribution in [1.82, 2.24) is 0 Å². The van der Waals surface area contributed by atoms with Crippen molar-refractivity contribution in [2.24, 2.45) is 11.1 Å². The van der Waals surface area contributed by atoms with Gasteiger partial charge in [-0.25, -0.2) is 0 Å². The van der Waals surface area contributed by atoms with Crippen molar-refractivity contribution < 1.29 is 4.79 Å². The van der Waals surface area contributed by atoms with Crippen molar-refractivity contribution >= 4 is 5.78 Å². The fourth-order valence-corrected chi connectivity index (χ4v) is 3.22. The Morgan fingerprint density at radius 2 is 1.75 bits per heavy atom. The van der Waals surface area contributed by atoms with E-state index in [1.54, 1.807) is 0 Å². The molecular weight excluding hydrogens is 246 g/mol. The summed E-state index contributed by atoms with van der Waals surface area (Å²) in [6, 6.07) is 8.48. The number of rotatable bonds is 5. The Kier molecular flexibility index (Phi) is 4.98. The average Bonchev–Trinajstić information content (AvgIpc) is 2.48. The highest BCUT2D eigenvalue weighted by Crippen LogP contribution is 2.37. The van der Waals surface area contributed by atoms with E-state index in [9.17, 15) is 4.79 Å². The fourth-order valence-electron chi connectivity index (χ4n) is 3.22. The van der Waals surface area contributed by atoms with Gasteiger partial charge in [-0.05, 0) is 29.9 Å². The van der Waals surface area contributed by atoms with E-state index >= 15 is 0 Å². The standard InChI is InChI=1S/C18H27NO/c1-14(2)16-8-6-15(7-9-16)12-17(20)18(13-19)10-4-3-5-11-18/h6-9,14H,3-5,10-13,19H2,1-2H3. The summed E-state index contributed by atoms with van der Waals surface area (Å²) in [6.07, 6.45) is 6.04. The van der Waals surface area contributed by atoms with Crippen molar-refractivity contribution in [1.29, 1.82) is 0 Å². The van der Waals surface area contributed by atoms with Gasteiger partial charge in [0.15, 0.2) is 0 Å². The van der Waals surface area contributed by atoms with E-state index in [1.165, 1.54) is 12.0 Å². The van der Waals surface area contributed by atoms with Gasteiger partial charge >= 0.3 is 0 Å². The molecule has 0 saturated heterocycles. The maximum atomic E-state index is 12.7. The molecule has 0 radical (unpaired) electrons. The summed E-state index contributed by atoms with van der Waals surface area (Å²) in [5, 5.41) is 0. The second-order valence-corrected chi connectivity index (χ2v) is 6.54. The topological polar surface area (TPSA) is 43.1 Å². The van der Waals surface area contributed by atoms with Gasteiger partial charge in [0, 0.05) is 18.4 Å². The molecule has 0 amide bonds. The lowest BCUT2D eigenvalue weighted by molar-refractivity contribution is -0.129. The second-order valence-electron chi connectivity index (χ2n) is 6.54. The third-order valence-corrected chi connectivity index (χ3v) is 4.80. The van der Waals surface area contributed by atoms with Gasteiger partial charge in [0.2, 0.25) is 0 Å². The van der Waals surface area contributed by atoms with Gasteiger partial charge < -0.3 is 5.73 Å². The lowest BCUT2D eigenvalue weighted by Gasteiger charge is -2.34. The molecule has 1 fully saturated rings. The first-order chi connectivity index (χ1) is 9.57. The van der Waals surface area contributed by atoms with E-state index in [0.717, 1.165) is 31.2 Å². The molecule has 1 aliphatic rings. The molecule has 1 saturated carbocycles. The molecular formula is C18H27NO. The Bertz CT molecular complexity index is 441. The smallest absolute Gasteiger partial charge is 0.144 e. The second kappa shape index (κ2) is 6.53. The van der Waals surface area contributed by atoms with Crippen LogP contribution in [0.3, 0.4) is 0 Å². The van der Waals surface area contributed by atoms with Gasteiger partial charge in [-0.15, -0.1) is 0 Å². The highest BCUT2D eigenvalue weighted by Gasteiger charge is 2.37. The normalized spacial score (nSPS) is 18.2. The number of carbonyl (C=O) groups excluding carboxylic acids is 1. The van der Waals surface area contributed by atoms with E-state index in [1.807, 2.05) is 0 Å². The molecule has 0 unspecified atom stereocenters. The summed E-state index contributed by atoms with van der Waals surface area (Å²) in [5.41, 5.74) is 8.14. The maximum Gasteiger partial charge on any atom is 0.144 e. The molecule has 20 heavy (non-hydrogen) atoms. The van der Waals surface area contributed by atoms with E-state index < -0.39 is 0 Å². The minimum Gasteiger partial charge on any atom is -0.329 e. The minimum absolute atomic E-state index is 0.241. The molecule has 0 spiro atoms. The number of hydrogen-bond donors (Lipinski definition) is 1. The highest BCUT2D eigenvalue weighted by molar-refractivity contribution is 5.87. The van der Waals surface area contributed by atoms with Crippen LogP contribution in [0.1, 0.15) is 63.0 Å². The van der Waals surface area contributed by atoms with Crippen molar-refractivity contribution in [3.8, 4) is 0 Å². The first-order valence-electron chi connectivity index (χ1n) is 7.89. The molecule has 0 aromatic heterocycles. The van der Waals surface area contributed by atoms with E-state index in [4.69, 9.17) is 5.73 Å². The van der Waals surface area contributed by atoms with E-state index in [-0.39, 0.29) is 5.41 Å². The SMILES string of the molecule is CC(C)c1ccc(CC(=O)C2(CN)CCCCC2)cc1. The maximum absolute atomic E-state index is 12.7. The van der Waals surface area contributed by atoms with E-state index in [2.05, 4.69) is 38.1 Å². The number of ketones is 1. The summed E-state index contributed by atoms with van der Waals surface area (Å²) in [5.74, 6) is 0.880. The number of carbonyl (C=O) groups is 1. The van der Waals surface area contributed by atoms with Gasteiger partial charge in [0.25, 0.3) is 0 Å². The molecule has 1 aromatic carbocycles. The van der Waals surface area contributed by atoms with Crippen molar-refractivity contribution in [3.63, 3.8) is 0 Å². The molecule has 0 aliphatic heterocycles. The Morgan fingerprint density at radius 3 is 2.25 bits per heavy atom. The van der Waals surface area contributed by atoms with Crippen molar-refractivity contribution in [3.05, 3.63) is 35.4 Å². The predicted octanol–water partition coefficient (Wildman–Crippen LogP) is 3.83. The van der Waals surface area contributed by atoms with E-state index in [0.29, 0.717) is 24.7 Å². The van der Waals surface area contributed by atoms with Crippen LogP contribution in [-0.4, -0.2) is 12.3 Å². The first-order valence-corrected chi connectivity index (χ1v) is 7.89. The fraction of sp³-hybridized carbons (Fsp3) is 0.611. The summed E-state index contributed by atoms with van der Waals surface area (Å²) in [4.78, 5) is 12.7. The first kappa shape index (κ1) is 15.2. The molecule has 2 rings (SSSR count). The molecule has 0 bridgehead atoms. The molecule has 1 aliphatic carbocycles. The Hall–Kier alpha value is -1.15. The van der Waals surface area contributed by atoms with Crippen LogP contribution in [0.15, 0.2) is 24.3 Å². The monoisotopic (exact) mass is 273 g/mol. The molecule has 1 aromatic rings. The van der Waals surface area contributed by atoms with Crippen LogP contribution in [0.25, 0.3) is 0 Å². The number of Topliss-reactive ketones (excluding diaryl/α,β-unsaturated/α-hetero) is 1. The van der Waals surface area contributed by atoms with Gasteiger partial charge in [-0.2, -0.15) is 0 Å². The lowest BCUT2D eigenvalue weighted by atomic mass is 9.70. The Balaban J connectivity index is 2.06. The summed E-state index contributed by atoms with van der Waals surface area (Å²) in [7, 11) is 0. The van der Waals surface area contributed by atoms with Crippen LogP contribution < -0.4 is 5.73 Å². The van der Waals surface area contributed by atoms with Crippen LogP contribution in [0.5, 0.6) is 0 Å². The number of benzene rings is 1. The predicted molar refractivity (Wildman–Crippen MR) is 83.8 cm³/mol. The quantitative estimate of drug-likeness (QED) is 0.886. The summed E-state index contributed by atoms with van der Waals surface area (Å²) < 4.78 is 0. The van der Waals surface area contributed by atoms with Crippen LogP contribution >= 0.6 is 0 Å². The van der Waals surface area contributed by atoms with Crippen LogP contribution in [0.4, 0.5) is 0 Å². The van der Waals surface area contributed by atoms with Crippen molar-refractivity contribution in [2.45, 2.75) is 58.3 Å². The molecule has 0 atom stereocenters.